The van der Waals surface area contributed by atoms with Gasteiger partial charge in [0.2, 0.25) is 0 Å². The van der Waals surface area contributed by atoms with Gasteiger partial charge in [0.15, 0.2) is 0 Å². The molecule has 2 aromatic rings. The number of nitrogens with zero attached hydrogens (tertiary/aromatic N) is 2. The van der Waals surface area contributed by atoms with E-state index in [9.17, 15) is 13.2 Å². The normalized spacial score (nSPS) is 11.8. The molecule has 0 aliphatic rings. The molecular weight excluding hydrogens is 365 g/mol. The summed E-state index contributed by atoms with van der Waals surface area (Å²) in [7, 11) is 1.92. The fourth-order valence-corrected chi connectivity index (χ4v) is 2.54. The molecule has 0 unspecified atom stereocenters. The van der Waals surface area contributed by atoms with Gasteiger partial charge in [-0.1, -0.05) is 29.8 Å². The molecule has 26 heavy (non-hydrogen) atoms. The van der Waals surface area contributed by atoms with Gasteiger partial charge in [0, 0.05) is 13.6 Å². The summed E-state index contributed by atoms with van der Waals surface area (Å²) < 4.78 is 40.6. The molecule has 140 valence electrons. The van der Waals surface area contributed by atoms with Gasteiger partial charge < -0.3 is 9.64 Å². The molecule has 0 aliphatic carbocycles. The Bertz CT molecular complexity index is 774. The van der Waals surface area contributed by atoms with E-state index in [1.807, 2.05) is 37.9 Å². The Balaban J connectivity index is 2.21. The Kier molecular flexibility index (Phi) is 6.53. The smallest absolute Gasteiger partial charge is 0.406 e. The zero-order chi connectivity index (χ0) is 19.3. The zero-order valence-corrected chi connectivity index (χ0v) is 15.5. The van der Waals surface area contributed by atoms with Crippen LogP contribution < -0.4 is 4.74 Å². The van der Waals surface area contributed by atoms with Crippen molar-refractivity contribution in [3.63, 3.8) is 0 Å². The minimum absolute atomic E-state index is 0.246. The second-order valence-corrected chi connectivity index (χ2v) is 6.32. The lowest BCUT2D eigenvalue weighted by atomic mass is 10.0. The number of hydrogen-bond donors (Lipinski definition) is 0. The summed E-state index contributed by atoms with van der Waals surface area (Å²) in [6, 6.07) is 9.61. The van der Waals surface area contributed by atoms with Crippen molar-refractivity contribution in [2.45, 2.75) is 26.6 Å². The largest absolute Gasteiger partial charge is 0.573 e. The number of aliphatic imine (C=N–C) groups is 1. The lowest BCUT2D eigenvalue weighted by Gasteiger charge is -2.12. The fourth-order valence-electron chi connectivity index (χ4n) is 2.32. The highest BCUT2D eigenvalue weighted by Crippen LogP contribution is 2.32. The van der Waals surface area contributed by atoms with E-state index < -0.39 is 6.36 Å². The first-order valence-corrected chi connectivity index (χ1v) is 8.44. The average molecular weight is 385 g/mol. The third-order valence-corrected chi connectivity index (χ3v) is 4.15. The molecule has 0 aromatic heterocycles. The predicted octanol–water partition coefficient (Wildman–Crippen LogP) is 5.75. The van der Waals surface area contributed by atoms with Crippen LogP contribution in [0.3, 0.4) is 0 Å². The Morgan fingerprint density at radius 3 is 2.42 bits per heavy atom. The Labute approximate surface area is 156 Å². The molecule has 0 amide bonds. The third kappa shape index (κ3) is 5.95. The number of alkyl halides is 3. The van der Waals surface area contributed by atoms with Gasteiger partial charge in [-0.25, -0.2) is 4.99 Å². The van der Waals surface area contributed by atoms with Gasteiger partial charge in [0.1, 0.15) is 5.75 Å². The standard InChI is InChI=1S/C19H20ClF3N2O/c1-4-25(3)12-24-17-10-13(2)9-15(18(17)20)11-14-5-7-16(8-6-14)26-19(21,22)23/h5-10,12H,4,11H2,1-3H3. The summed E-state index contributed by atoms with van der Waals surface area (Å²) in [6.07, 6.45) is -2.49. The summed E-state index contributed by atoms with van der Waals surface area (Å²) >= 11 is 6.47. The Morgan fingerprint density at radius 1 is 1.19 bits per heavy atom. The average Bonchev–Trinajstić information content (AvgIpc) is 2.56. The molecule has 0 fully saturated rings. The summed E-state index contributed by atoms with van der Waals surface area (Å²) in [5.74, 6) is -0.246. The minimum atomic E-state index is -4.69. The van der Waals surface area contributed by atoms with Crippen LogP contribution in [0, 0.1) is 6.92 Å². The first-order valence-electron chi connectivity index (χ1n) is 8.06. The second-order valence-electron chi connectivity index (χ2n) is 5.94. The quantitative estimate of drug-likeness (QED) is 0.468. The van der Waals surface area contributed by atoms with Crippen LogP contribution in [0.25, 0.3) is 0 Å². The first kappa shape index (κ1) is 20.1. The van der Waals surface area contributed by atoms with Crippen molar-refractivity contribution < 1.29 is 17.9 Å². The van der Waals surface area contributed by atoms with Crippen molar-refractivity contribution in [3.05, 3.63) is 58.1 Å². The SMILES string of the molecule is CCN(C)C=Nc1cc(C)cc(Cc2ccc(OC(F)(F)F)cc2)c1Cl. The van der Waals surface area contributed by atoms with Crippen molar-refractivity contribution in [3.8, 4) is 5.75 Å². The molecule has 2 aromatic carbocycles. The Morgan fingerprint density at radius 2 is 1.85 bits per heavy atom. The van der Waals surface area contributed by atoms with E-state index in [2.05, 4.69) is 9.73 Å². The highest BCUT2D eigenvalue weighted by molar-refractivity contribution is 6.33. The van der Waals surface area contributed by atoms with Crippen molar-refractivity contribution >= 4 is 23.6 Å². The van der Waals surface area contributed by atoms with E-state index >= 15 is 0 Å². The van der Waals surface area contributed by atoms with Crippen molar-refractivity contribution in [1.82, 2.24) is 4.90 Å². The molecule has 0 aliphatic heterocycles. The van der Waals surface area contributed by atoms with Gasteiger partial charge >= 0.3 is 6.36 Å². The monoisotopic (exact) mass is 384 g/mol. The van der Waals surface area contributed by atoms with Crippen LogP contribution in [0.5, 0.6) is 5.75 Å². The maximum atomic E-state index is 12.2. The van der Waals surface area contributed by atoms with E-state index in [1.165, 1.54) is 12.1 Å². The summed E-state index contributed by atoms with van der Waals surface area (Å²) in [5, 5.41) is 0.534. The number of ether oxygens (including phenoxy) is 1. The maximum absolute atomic E-state index is 12.2. The van der Waals surface area contributed by atoms with Crippen LogP contribution in [0.4, 0.5) is 18.9 Å². The van der Waals surface area contributed by atoms with E-state index in [0.29, 0.717) is 17.1 Å². The van der Waals surface area contributed by atoms with Gasteiger partial charge in [0.05, 0.1) is 17.0 Å². The van der Waals surface area contributed by atoms with Gasteiger partial charge in [-0.05, 0) is 55.2 Å². The van der Waals surface area contributed by atoms with Crippen LogP contribution >= 0.6 is 11.6 Å². The highest BCUT2D eigenvalue weighted by Gasteiger charge is 2.30. The lowest BCUT2D eigenvalue weighted by molar-refractivity contribution is -0.274. The summed E-state index contributed by atoms with van der Waals surface area (Å²) in [4.78, 5) is 6.35. The second kappa shape index (κ2) is 8.45. The number of halogens is 4. The lowest BCUT2D eigenvalue weighted by Crippen LogP contribution is -2.17. The first-order chi connectivity index (χ1) is 12.2. The van der Waals surface area contributed by atoms with Crippen molar-refractivity contribution in [2.24, 2.45) is 4.99 Å². The van der Waals surface area contributed by atoms with Crippen LogP contribution in [0.2, 0.25) is 5.02 Å². The molecule has 7 heteroatoms. The molecule has 0 saturated heterocycles. The molecule has 0 bridgehead atoms. The fraction of sp³-hybridized carbons (Fsp3) is 0.316. The zero-order valence-electron chi connectivity index (χ0n) is 14.8. The van der Waals surface area contributed by atoms with Gasteiger partial charge in [-0.3, -0.25) is 0 Å². The van der Waals surface area contributed by atoms with Crippen LogP contribution in [-0.2, 0) is 6.42 Å². The third-order valence-electron chi connectivity index (χ3n) is 3.72. The molecule has 0 atom stereocenters. The topological polar surface area (TPSA) is 24.8 Å². The maximum Gasteiger partial charge on any atom is 0.573 e. The van der Waals surface area contributed by atoms with E-state index in [-0.39, 0.29) is 5.75 Å². The summed E-state index contributed by atoms with van der Waals surface area (Å²) in [6.45, 7) is 4.79. The summed E-state index contributed by atoms with van der Waals surface area (Å²) in [5.41, 5.74) is 3.36. The van der Waals surface area contributed by atoms with Crippen LogP contribution in [0.15, 0.2) is 41.4 Å². The van der Waals surface area contributed by atoms with E-state index in [0.717, 1.165) is 23.2 Å². The number of hydrogen-bond acceptors (Lipinski definition) is 2. The van der Waals surface area contributed by atoms with Gasteiger partial charge in [-0.2, -0.15) is 0 Å². The molecule has 3 nitrogen and oxygen atoms in total. The highest BCUT2D eigenvalue weighted by atomic mass is 35.5. The molecular formula is C19H20ClF3N2O. The van der Waals surface area contributed by atoms with E-state index in [1.54, 1.807) is 18.5 Å². The molecule has 2 rings (SSSR count). The Hall–Kier alpha value is -2.21. The van der Waals surface area contributed by atoms with Crippen LogP contribution in [-0.4, -0.2) is 31.2 Å². The number of benzene rings is 2. The molecule has 0 spiro atoms. The van der Waals surface area contributed by atoms with E-state index in [4.69, 9.17) is 11.6 Å². The molecule has 0 radical (unpaired) electrons. The van der Waals surface area contributed by atoms with Gasteiger partial charge in [0.25, 0.3) is 0 Å². The molecule has 0 heterocycles. The molecule has 0 N–H and O–H groups in total. The van der Waals surface area contributed by atoms with Gasteiger partial charge in [-0.15, -0.1) is 13.2 Å². The van der Waals surface area contributed by atoms with Crippen molar-refractivity contribution in [2.75, 3.05) is 13.6 Å². The predicted molar refractivity (Wildman–Crippen MR) is 98.6 cm³/mol. The van der Waals surface area contributed by atoms with Crippen LogP contribution in [0.1, 0.15) is 23.6 Å². The molecule has 0 saturated carbocycles. The minimum Gasteiger partial charge on any atom is -0.406 e. The number of aryl methyl sites for hydroxylation is 1. The van der Waals surface area contributed by atoms with Crippen molar-refractivity contribution in [1.29, 1.82) is 0 Å². The number of rotatable bonds is 6.